The van der Waals surface area contributed by atoms with Gasteiger partial charge in [0.15, 0.2) is 0 Å². The molecule has 0 saturated heterocycles. The lowest BCUT2D eigenvalue weighted by atomic mass is 10.0. The highest BCUT2D eigenvalue weighted by atomic mass is 16.1. The maximum Gasteiger partial charge on any atom is 0.149 e. The Kier molecular flexibility index (Phi) is 2.77. The van der Waals surface area contributed by atoms with Gasteiger partial charge in [-0.25, -0.2) is 4.98 Å². The maximum absolute atomic E-state index is 11.1. The quantitative estimate of drug-likeness (QED) is 0.790. The molecule has 0 bridgehead atoms. The van der Waals surface area contributed by atoms with Crippen LogP contribution in [0.1, 0.15) is 32.3 Å². The van der Waals surface area contributed by atoms with Crippen molar-refractivity contribution in [2.24, 2.45) is 0 Å². The van der Waals surface area contributed by atoms with Crippen molar-refractivity contribution in [3.63, 3.8) is 0 Å². The molecule has 0 spiro atoms. The molecule has 0 unspecified atom stereocenters. The van der Waals surface area contributed by atoms with Gasteiger partial charge in [0.05, 0.1) is 23.9 Å². The Bertz CT molecular complexity index is 526. The first-order valence-corrected chi connectivity index (χ1v) is 5.52. The number of benzene rings is 1. The van der Waals surface area contributed by atoms with Gasteiger partial charge in [-0.05, 0) is 30.5 Å². The van der Waals surface area contributed by atoms with Crippen LogP contribution in [0.4, 0.5) is 0 Å². The number of hydrogen-bond acceptors (Lipinski definition) is 2. The predicted molar refractivity (Wildman–Crippen MR) is 64.5 cm³/mol. The van der Waals surface area contributed by atoms with E-state index in [2.05, 4.69) is 31.0 Å². The predicted octanol–water partition coefficient (Wildman–Crippen LogP) is 2.75. The highest BCUT2D eigenvalue weighted by Gasteiger charge is 2.06. The Morgan fingerprint density at radius 1 is 1.44 bits per heavy atom. The molecule has 1 aromatic carbocycles. The van der Waals surface area contributed by atoms with Crippen LogP contribution in [0.2, 0.25) is 0 Å². The second kappa shape index (κ2) is 4.08. The van der Waals surface area contributed by atoms with E-state index in [-0.39, 0.29) is 5.78 Å². The molecule has 3 heteroatoms. The van der Waals surface area contributed by atoms with E-state index in [1.807, 2.05) is 10.6 Å². The SMILES string of the molecule is CC(=O)Cn1cnc2ccc(C(C)C)cc21. The molecule has 0 fully saturated rings. The van der Waals surface area contributed by atoms with Crippen molar-refractivity contribution in [3.8, 4) is 0 Å². The van der Waals surface area contributed by atoms with Crippen LogP contribution >= 0.6 is 0 Å². The molecule has 0 radical (unpaired) electrons. The number of aromatic nitrogens is 2. The van der Waals surface area contributed by atoms with Crippen LogP contribution in [0.15, 0.2) is 24.5 Å². The molecule has 0 aliphatic rings. The summed E-state index contributed by atoms with van der Waals surface area (Å²) in [6, 6.07) is 6.23. The topological polar surface area (TPSA) is 34.9 Å². The summed E-state index contributed by atoms with van der Waals surface area (Å²) in [5, 5.41) is 0. The van der Waals surface area contributed by atoms with Crippen molar-refractivity contribution < 1.29 is 4.79 Å². The monoisotopic (exact) mass is 216 g/mol. The standard InChI is InChI=1S/C13H16N2O/c1-9(2)11-4-5-12-13(6-11)15(8-14-12)7-10(3)16/h4-6,8-9H,7H2,1-3H3. The Labute approximate surface area is 95.1 Å². The molecule has 0 aliphatic heterocycles. The minimum absolute atomic E-state index is 0.147. The Morgan fingerprint density at radius 2 is 2.19 bits per heavy atom. The van der Waals surface area contributed by atoms with E-state index in [4.69, 9.17) is 0 Å². The van der Waals surface area contributed by atoms with Crippen LogP contribution in [0.3, 0.4) is 0 Å². The van der Waals surface area contributed by atoms with E-state index in [0.29, 0.717) is 12.5 Å². The van der Waals surface area contributed by atoms with Crippen LogP contribution in [0, 0.1) is 0 Å². The van der Waals surface area contributed by atoms with E-state index < -0.39 is 0 Å². The molecule has 2 rings (SSSR count). The fourth-order valence-electron chi connectivity index (χ4n) is 1.80. The molecule has 3 nitrogen and oxygen atoms in total. The first-order chi connectivity index (χ1) is 7.58. The molecular formula is C13H16N2O. The molecule has 1 heterocycles. The summed E-state index contributed by atoms with van der Waals surface area (Å²) in [6.07, 6.45) is 1.73. The van der Waals surface area contributed by atoms with Crippen molar-refractivity contribution >= 4 is 16.8 Å². The number of carbonyl (C=O) groups is 1. The number of ketones is 1. The van der Waals surface area contributed by atoms with Gasteiger partial charge >= 0.3 is 0 Å². The summed E-state index contributed by atoms with van der Waals surface area (Å²) in [5.41, 5.74) is 3.27. The minimum Gasteiger partial charge on any atom is -0.323 e. The average Bonchev–Trinajstić information content (AvgIpc) is 2.60. The molecule has 0 atom stereocenters. The van der Waals surface area contributed by atoms with Crippen molar-refractivity contribution in [2.45, 2.75) is 33.2 Å². The highest BCUT2D eigenvalue weighted by Crippen LogP contribution is 2.20. The third-order valence-electron chi connectivity index (χ3n) is 2.70. The molecule has 0 saturated carbocycles. The molecular weight excluding hydrogens is 200 g/mol. The van der Waals surface area contributed by atoms with E-state index in [9.17, 15) is 4.79 Å². The number of rotatable bonds is 3. The van der Waals surface area contributed by atoms with Crippen LogP contribution in [-0.4, -0.2) is 15.3 Å². The summed E-state index contributed by atoms with van der Waals surface area (Å²) in [4.78, 5) is 15.4. The van der Waals surface area contributed by atoms with Gasteiger partial charge in [-0.15, -0.1) is 0 Å². The van der Waals surface area contributed by atoms with E-state index in [0.717, 1.165) is 11.0 Å². The summed E-state index contributed by atoms with van der Waals surface area (Å²) >= 11 is 0. The van der Waals surface area contributed by atoms with Gasteiger partial charge in [-0.1, -0.05) is 19.9 Å². The van der Waals surface area contributed by atoms with Crippen LogP contribution in [0.25, 0.3) is 11.0 Å². The number of imidazole rings is 1. The molecule has 16 heavy (non-hydrogen) atoms. The van der Waals surface area contributed by atoms with E-state index in [1.54, 1.807) is 13.3 Å². The number of hydrogen-bond donors (Lipinski definition) is 0. The zero-order chi connectivity index (χ0) is 11.7. The number of fused-ring (bicyclic) bond motifs is 1. The average molecular weight is 216 g/mol. The fourth-order valence-corrected chi connectivity index (χ4v) is 1.80. The lowest BCUT2D eigenvalue weighted by molar-refractivity contribution is -0.117. The maximum atomic E-state index is 11.1. The molecule has 0 aliphatic carbocycles. The third-order valence-corrected chi connectivity index (χ3v) is 2.70. The molecule has 84 valence electrons. The fraction of sp³-hybridized carbons (Fsp3) is 0.385. The Morgan fingerprint density at radius 3 is 2.81 bits per heavy atom. The second-order valence-electron chi connectivity index (χ2n) is 4.48. The molecule has 1 aromatic heterocycles. The zero-order valence-corrected chi connectivity index (χ0v) is 9.90. The van der Waals surface area contributed by atoms with E-state index in [1.165, 1.54) is 5.56 Å². The smallest absolute Gasteiger partial charge is 0.149 e. The first-order valence-electron chi connectivity index (χ1n) is 5.52. The normalized spacial score (nSPS) is 11.2. The van der Waals surface area contributed by atoms with Gasteiger partial charge in [0.2, 0.25) is 0 Å². The molecule has 0 amide bonds. The highest BCUT2D eigenvalue weighted by molar-refractivity contribution is 5.80. The van der Waals surface area contributed by atoms with E-state index >= 15 is 0 Å². The van der Waals surface area contributed by atoms with Crippen LogP contribution in [0.5, 0.6) is 0 Å². The largest absolute Gasteiger partial charge is 0.323 e. The first kappa shape index (κ1) is 10.9. The lowest BCUT2D eigenvalue weighted by Gasteiger charge is -2.06. The summed E-state index contributed by atoms with van der Waals surface area (Å²) < 4.78 is 1.91. The van der Waals surface area contributed by atoms with Gasteiger partial charge in [-0.2, -0.15) is 0 Å². The van der Waals surface area contributed by atoms with Crippen LogP contribution < -0.4 is 0 Å². The Hall–Kier alpha value is -1.64. The lowest BCUT2D eigenvalue weighted by Crippen LogP contribution is -2.04. The number of Topliss-reactive ketones (excluding diaryl/α,β-unsaturated/α-hetero) is 1. The van der Waals surface area contributed by atoms with Crippen molar-refractivity contribution in [2.75, 3.05) is 0 Å². The molecule has 0 N–H and O–H groups in total. The number of carbonyl (C=O) groups excluding carboxylic acids is 1. The summed E-state index contributed by atoms with van der Waals surface area (Å²) in [6.45, 7) is 6.32. The number of nitrogens with zero attached hydrogens (tertiary/aromatic N) is 2. The van der Waals surface area contributed by atoms with Gasteiger partial charge < -0.3 is 4.57 Å². The summed E-state index contributed by atoms with van der Waals surface area (Å²) in [7, 11) is 0. The minimum atomic E-state index is 0.147. The van der Waals surface area contributed by atoms with Gasteiger partial charge in [0.1, 0.15) is 5.78 Å². The second-order valence-corrected chi connectivity index (χ2v) is 4.48. The van der Waals surface area contributed by atoms with Crippen LogP contribution in [-0.2, 0) is 11.3 Å². The van der Waals surface area contributed by atoms with Gasteiger partial charge in [0, 0.05) is 0 Å². The summed E-state index contributed by atoms with van der Waals surface area (Å²) in [5.74, 6) is 0.638. The zero-order valence-electron chi connectivity index (χ0n) is 9.90. The van der Waals surface area contributed by atoms with Gasteiger partial charge in [0.25, 0.3) is 0 Å². The van der Waals surface area contributed by atoms with Crippen molar-refractivity contribution in [1.29, 1.82) is 0 Å². The molecule has 2 aromatic rings. The van der Waals surface area contributed by atoms with Crippen molar-refractivity contribution in [1.82, 2.24) is 9.55 Å². The third kappa shape index (κ3) is 1.98. The Balaban J connectivity index is 2.51. The van der Waals surface area contributed by atoms with Gasteiger partial charge in [-0.3, -0.25) is 4.79 Å². The van der Waals surface area contributed by atoms with Crippen molar-refractivity contribution in [3.05, 3.63) is 30.1 Å².